The fourth-order valence-corrected chi connectivity index (χ4v) is 2.83. The first kappa shape index (κ1) is 14.1. The molecule has 1 aromatic carbocycles. The van der Waals surface area contributed by atoms with Crippen molar-refractivity contribution in [3.05, 3.63) is 40.1 Å². The Balaban J connectivity index is 2.04. The third kappa shape index (κ3) is 2.65. The molecule has 5 heteroatoms. The lowest BCUT2D eigenvalue weighted by Crippen LogP contribution is -2.34. The zero-order valence-corrected chi connectivity index (χ0v) is 12.0. The topological polar surface area (TPSA) is 54.1 Å². The van der Waals surface area contributed by atoms with Gasteiger partial charge in [-0.05, 0) is 50.0 Å². The summed E-state index contributed by atoms with van der Waals surface area (Å²) < 4.78 is 20.6. The normalized spacial score (nSPS) is 16.3. The zero-order chi connectivity index (χ0) is 14.8. The van der Waals surface area contributed by atoms with Gasteiger partial charge in [0.1, 0.15) is 6.10 Å². The standard InChI is InChI=1S/C16H19FN2O2/c1-2-10-9-19-16(20)12-3-4-13(15(17)14(10)12)21-11-5-7-18-8-6-11/h3-4,9,11,18H,2,5-8H2,1H3,(H,19,20). The molecule has 0 saturated carbocycles. The van der Waals surface area contributed by atoms with E-state index in [2.05, 4.69) is 10.3 Å². The summed E-state index contributed by atoms with van der Waals surface area (Å²) in [4.78, 5) is 14.5. The van der Waals surface area contributed by atoms with E-state index in [9.17, 15) is 9.18 Å². The molecular weight excluding hydrogens is 271 g/mol. The number of hydrogen-bond acceptors (Lipinski definition) is 3. The van der Waals surface area contributed by atoms with Crippen LogP contribution >= 0.6 is 0 Å². The molecule has 4 nitrogen and oxygen atoms in total. The molecule has 21 heavy (non-hydrogen) atoms. The predicted octanol–water partition coefficient (Wildman–Crippen LogP) is 2.36. The summed E-state index contributed by atoms with van der Waals surface area (Å²) in [5.41, 5.74) is 0.521. The number of aromatic nitrogens is 1. The highest BCUT2D eigenvalue weighted by atomic mass is 19.1. The smallest absolute Gasteiger partial charge is 0.255 e. The maximum atomic E-state index is 14.8. The van der Waals surface area contributed by atoms with Gasteiger partial charge >= 0.3 is 0 Å². The van der Waals surface area contributed by atoms with Crippen LogP contribution in [0.2, 0.25) is 0 Å². The Hall–Kier alpha value is -1.88. The van der Waals surface area contributed by atoms with Crippen molar-refractivity contribution in [1.82, 2.24) is 10.3 Å². The van der Waals surface area contributed by atoms with Crippen LogP contribution in [0.25, 0.3) is 10.8 Å². The Morgan fingerprint density at radius 1 is 1.33 bits per heavy atom. The van der Waals surface area contributed by atoms with Gasteiger partial charge in [0.2, 0.25) is 0 Å². The molecule has 2 aromatic rings. The van der Waals surface area contributed by atoms with Crippen LogP contribution in [0.3, 0.4) is 0 Å². The van der Waals surface area contributed by atoms with Crippen LogP contribution in [-0.4, -0.2) is 24.2 Å². The highest BCUT2D eigenvalue weighted by molar-refractivity contribution is 5.86. The summed E-state index contributed by atoms with van der Waals surface area (Å²) in [7, 11) is 0. The molecule has 1 aliphatic rings. The summed E-state index contributed by atoms with van der Waals surface area (Å²) in [5.74, 6) is -0.177. The molecule has 0 spiro atoms. The van der Waals surface area contributed by atoms with E-state index in [1.165, 1.54) is 0 Å². The van der Waals surface area contributed by atoms with Crippen LogP contribution in [0, 0.1) is 5.82 Å². The number of fused-ring (bicyclic) bond motifs is 1. The maximum absolute atomic E-state index is 14.8. The highest BCUT2D eigenvalue weighted by Gasteiger charge is 2.19. The summed E-state index contributed by atoms with van der Waals surface area (Å²) in [5, 5.41) is 4.01. The molecule has 1 fully saturated rings. The van der Waals surface area contributed by atoms with E-state index in [4.69, 9.17) is 4.74 Å². The summed E-state index contributed by atoms with van der Waals surface area (Å²) >= 11 is 0. The van der Waals surface area contributed by atoms with Gasteiger partial charge in [0.15, 0.2) is 11.6 Å². The van der Waals surface area contributed by atoms with Gasteiger partial charge in [-0.2, -0.15) is 0 Å². The van der Waals surface area contributed by atoms with Crippen molar-refractivity contribution in [2.24, 2.45) is 0 Å². The van der Waals surface area contributed by atoms with E-state index < -0.39 is 5.82 Å². The minimum Gasteiger partial charge on any atom is -0.487 e. The number of pyridine rings is 1. The molecule has 1 aliphatic heterocycles. The molecule has 0 bridgehead atoms. The Bertz CT molecular complexity index is 705. The van der Waals surface area contributed by atoms with Crippen molar-refractivity contribution in [3.8, 4) is 5.75 Å². The SMILES string of the molecule is CCc1c[nH]c(=O)c2ccc(OC3CCNCC3)c(F)c12. The van der Waals surface area contributed by atoms with Gasteiger partial charge in [-0.25, -0.2) is 4.39 Å². The van der Waals surface area contributed by atoms with Gasteiger partial charge in [-0.15, -0.1) is 0 Å². The van der Waals surface area contributed by atoms with Crippen LogP contribution in [0.4, 0.5) is 4.39 Å². The van der Waals surface area contributed by atoms with Crippen molar-refractivity contribution >= 4 is 10.8 Å². The zero-order valence-electron chi connectivity index (χ0n) is 12.0. The average molecular weight is 290 g/mol. The Kier molecular flexibility index (Phi) is 3.92. The molecule has 2 N–H and O–H groups in total. The summed E-state index contributed by atoms with van der Waals surface area (Å²) in [6.45, 7) is 3.71. The fraction of sp³-hybridized carbons (Fsp3) is 0.438. The van der Waals surface area contributed by atoms with E-state index in [-0.39, 0.29) is 17.4 Å². The lowest BCUT2D eigenvalue weighted by atomic mass is 10.0. The molecule has 3 rings (SSSR count). The molecule has 0 atom stereocenters. The molecule has 0 amide bonds. The van der Waals surface area contributed by atoms with Crippen LogP contribution < -0.4 is 15.6 Å². The van der Waals surface area contributed by atoms with Crippen LogP contribution in [0.5, 0.6) is 5.75 Å². The van der Waals surface area contributed by atoms with Gasteiger partial charge in [-0.3, -0.25) is 4.79 Å². The Morgan fingerprint density at radius 3 is 2.81 bits per heavy atom. The maximum Gasteiger partial charge on any atom is 0.255 e. The van der Waals surface area contributed by atoms with E-state index in [0.29, 0.717) is 17.2 Å². The van der Waals surface area contributed by atoms with Gasteiger partial charge in [-0.1, -0.05) is 6.92 Å². The number of halogens is 1. The Labute approximate surface area is 122 Å². The van der Waals surface area contributed by atoms with Gasteiger partial charge < -0.3 is 15.0 Å². The first-order valence-electron chi connectivity index (χ1n) is 7.41. The van der Waals surface area contributed by atoms with Crippen LogP contribution in [0.1, 0.15) is 25.3 Å². The average Bonchev–Trinajstić information content (AvgIpc) is 2.52. The quantitative estimate of drug-likeness (QED) is 0.912. The minimum absolute atomic E-state index is 0.0327. The van der Waals surface area contributed by atoms with Crippen LogP contribution in [0.15, 0.2) is 23.1 Å². The molecular formula is C16H19FN2O2. The second-order valence-corrected chi connectivity index (χ2v) is 5.36. The first-order chi connectivity index (χ1) is 10.2. The predicted molar refractivity (Wildman–Crippen MR) is 80.4 cm³/mol. The lowest BCUT2D eigenvalue weighted by molar-refractivity contribution is 0.156. The number of aryl methyl sites for hydroxylation is 1. The fourth-order valence-electron chi connectivity index (χ4n) is 2.83. The van der Waals surface area contributed by atoms with Gasteiger partial charge in [0, 0.05) is 11.6 Å². The summed E-state index contributed by atoms with van der Waals surface area (Å²) in [6, 6.07) is 3.21. The minimum atomic E-state index is -0.422. The van der Waals surface area contributed by atoms with Crippen molar-refractivity contribution in [2.45, 2.75) is 32.3 Å². The monoisotopic (exact) mass is 290 g/mol. The largest absolute Gasteiger partial charge is 0.487 e. The molecule has 1 aromatic heterocycles. The third-order valence-electron chi connectivity index (χ3n) is 4.01. The molecule has 0 unspecified atom stereocenters. The number of H-pyrrole nitrogens is 1. The van der Waals surface area contributed by atoms with E-state index in [1.54, 1.807) is 18.3 Å². The molecule has 0 aliphatic carbocycles. The number of aromatic amines is 1. The lowest BCUT2D eigenvalue weighted by Gasteiger charge is -2.24. The second-order valence-electron chi connectivity index (χ2n) is 5.36. The Morgan fingerprint density at radius 2 is 2.10 bits per heavy atom. The molecule has 1 saturated heterocycles. The number of ether oxygens (including phenoxy) is 1. The number of rotatable bonds is 3. The first-order valence-corrected chi connectivity index (χ1v) is 7.41. The molecule has 2 heterocycles. The summed E-state index contributed by atoms with van der Waals surface area (Å²) in [6.07, 6.45) is 4.01. The molecule has 0 radical (unpaired) electrons. The number of hydrogen-bond donors (Lipinski definition) is 2. The van der Waals surface area contributed by atoms with Crippen LogP contribution in [-0.2, 0) is 6.42 Å². The van der Waals surface area contributed by atoms with Crippen molar-refractivity contribution in [1.29, 1.82) is 0 Å². The van der Waals surface area contributed by atoms with Crippen molar-refractivity contribution in [2.75, 3.05) is 13.1 Å². The number of piperidine rings is 1. The van der Waals surface area contributed by atoms with E-state index >= 15 is 0 Å². The number of benzene rings is 1. The van der Waals surface area contributed by atoms with Crippen molar-refractivity contribution in [3.63, 3.8) is 0 Å². The second kappa shape index (κ2) is 5.85. The molecule has 112 valence electrons. The highest BCUT2D eigenvalue weighted by Crippen LogP contribution is 2.29. The van der Waals surface area contributed by atoms with E-state index in [1.807, 2.05) is 6.92 Å². The number of nitrogens with one attached hydrogen (secondary N) is 2. The van der Waals surface area contributed by atoms with Gasteiger partial charge in [0.05, 0.1) is 5.39 Å². The van der Waals surface area contributed by atoms with Crippen molar-refractivity contribution < 1.29 is 9.13 Å². The van der Waals surface area contributed by atoms with E-state index in [0.717, 1.165) is 31.5 Å². The van der Waals surface area contributed by atoms with Gasteiger partial charge in [0.25, 0.3) is 5.56 Å². The third-order valence-corrected chi connectivity index (χ3v) is 4.01.